The van der Waals surface area contributed by atoms with Gasteiger partial charge in [0.1, 0.15) is 17.3 Å². The number of H-pyrrole nitrogens is 1. The van der Waals surface area contributed by atoms with Gasteiger partial charge >= 0.3 is 12.2 Å². The third kappa shape index (κ3) is 6.68. The number of nitrogens with one attached hydrogen (secondary N) is 3. The highest BCUT2D eigenvalue weighted by molar-refractivity contribution is 6.33. The van der Waals surface area contributed by atoms with Gasteiger partial charge in [-0.15, -0.1) is 0 Å². The Morgan fingerprint density at radius 1 is 1.26 bits per heavy atom. The Hall–Kier alpha value is -3.16. The van der Waals surface area contributed by atoms with Crippen molar-refractivity contribution in [2.24, 2.45) is 0 Å². The number of hydrogen-bond acceptors (Lipinski definition) is 4. The second-order valence-corrected chi connectivity index (χ2v) is 7.32. The van der Waals surface area contributed by atoms with Crippen LogP contribution in [0.5, 0.6) is 5.75 Å². The molecule has 1 heterocycles. The van der Waals surface area contributed by atoms with E-state index in [4.69, 9.17) is 16.3 Å². The molecule has 0 aliphatic carbocycles. The van der Waals surface area contributed by atoms with Crippen LogP contribution in [0.4, 0.5) is 42.5 Å². The molecule has 1 aromatic carbocycles. The molecule has 34 heavy (non-hydrogen) atoms. The summed E-state index contributed by atoms with van der Waals surface area (Å²) in [7, 11) is 0. The van der Waals surface area contributed by atoms with E-state index in [9.17, 15) is 35.9 Å². The van der Waals surface area contributed by atoms with E-state index in [0.717, 1.165) is 0 Å². The fourth-order valence-corrected chi connectivity index (χ4v) is 2.85. The molecule has 188 valence electrons. The lowest BCUT2D eigenvalue weighted by molar-refractivity contribution is -0.189. The van der Waals surface area contributed by atoms with Crippen LogP contribution in [-0.2, 0) is 0 Å². The van der Waals surface area contributed by atoms with Crippen molar-refractivity contribution >= 4 is 34.9 Å². The predicted octanol–water partition coefficient (Wildman–Crippen LogP) is 5.21. The zero-order chi connectivity index (χ0) is 25.8. The molecule has 0 fully saturated rings. The van der Waals surface area contributed by atoms with Crippen LogP contribution >= 0.6 is 11.6 Å². The fourth-order valence-electron chi connectivity index (χ4n) is 2.62. The summed E-state index contributed by atoms with van der Waals surface area (Å²) in [6.07, 6.45) is -10.1. The third-order valence-electron chi connectivity index (χ3n) is 4.49. The number of urea groups is 1. The van der Waals surface area contributed by atoms with E-state index < -0.39 is 60.0 Å². The molecular formula is C19H20ClF6N5O3. The molecule has 8 nitrogen and oxygen atoms in total. The fraction of sp³-hybridized carbons (Fsp3) is 0.421. The van der Waals surface area contributed by atoms with Crippen molar-refractivity contribution in [2.75, 3.05) is 23.7 Å². The van der Waals surface area contributed by atoms with E-state index in [1.54, 1.807) is 0 Å². The summed E-state index contributed by atoms with van der Waals surface area (Å²) in [6.45, 7) is 2.44. The van der Waals surface area contributed by atoms with Gasteiger partial charge < -0.3 is 20.3 Å². The molecule has 0 radical (unpaired) electrons. The number of benzene rings is 1. The summed E-state index contributed by atoms with van der Waals surface area (Å²) in [5.41, 5.74) is -1.02. The summed E-state index contributed by atoms with van der Waals surface area (Å²) in [5.74, 6) is -3.04. The molecule has 2 rings (SSSR count). The molecule has 0 spiro atoms. The highest BCUT2D eigenvalue weighted by atomic mass is 35.5. The molecule has 3 N–H and O–H groups in total. The minimum Gasteiger partial charge on any atom is -0.480 e. The lowest BCUT2D eigenvalue weighted by Crippen LogP contribution is -2.38. The van der Waals surface area contributed by atoms with E-state index in [0.29, 0.717) is 29.7 Å². The van der Waals surface area contributed by atoms with Crippen molar-refractivity contribution < 1.29 is 40.7 Å². The molecule has 3 amide bonds. The number of aromatic amines is 1. The SMILES string of the molecule is CCN(CC(F)F)C(=O)Nc1cc(O[C@@H](C)C(F)(F)F)c(C(=O)Nc2c(Cl)n[nH]c2C)cc1F. The number of amides is 3. The van der Waals surface area contributed by atoms with Gasteiger partial charge in [-0.3, -0.25) is 9.89 Å². The maximum absolute atomic E-state index is 14.7. The molecular weight excluding hydrogens is 496 g/mol. The van der Waals surface area contributed by atoms with Crippen LogP contribution in [0.2, 0.25) is 5.15 Å². The number of ether oxygens (including phenoxy) is 1. The van der Waals surface area contributed by atoms with Gasteiger partial charge in [-0.05, 0) is 26.8 Å². The monoisotopic (exact) mass is 515 g/mol. The summed E-state index contributed by atoms with van der Waals surface area (Å²) in [4.78, 5) is 25.6. The van der Waals surface area contributed by atoms with Gasteiger partial charge in [0, 0.05) is 12.6 Å². The Bertz CT molecular complexity index is 1030. The maximum atomic E-state index is 14.7. The van der Waals surface area contributed by atoms with Crippen molar-refractivity contribution in [3.8, 4) is 5.75 Å². The number of nitrogens with zero attached hydrogens (tertiary/aromatic N) is 2. The van der Waals surface area contributed by atoms with Crippen LogP contribution in [0.25, 0.3) is 0 Å². The highest BCUT2D eigenvalue weighted by Crippen LogP contribution is 2.33. The third-order valence-corrected chi connectivity index (χ3v) is 4.76. The predicted molar refractivity (Wildman–Crippen MR) is 111 cm³/mol. The number of aryl methyl sites for hydroxylation is 1. The number of halogens is 7. The number of carbonyl (C=O) groups excluding carboxylic acids is 2. The minimum atomic E-state index is -4.84. The summed E-state index contributed by atoms with van der Waals surface area (Å²) < 4.78 is 84.0. The molecule has 1 atom stereocenters. The van der Waals surface area contributed by atoms with Crippen LogP contribution in [-0.4, -0.2) is 58.8 Å². The molecule has 1 aromatic heterocycles. The summed E-state index contributed by atoms with van der Waals surface area (Å²) >= 11 is 5.84. The Balaban J connectivity index is 2.44. The van der Waals surface area contributed by atoms with E-state index in [1.807, 2.05) is 5.32 Å². The zero-order valence-corrected chi connectivity index (χ0v) is 18.7. The van der Waals surface area contributed by atoms with Gasteiger partial charge in [-0.2, -0.15) is 18.3 Å². The smallest absolute Gasteiger partial charge is 0.425 e. The normalized spacial score (nSPS) is 12.4. The molecule has 0 aliphatic heterocycles. The van der Waals surface area contributed by atoms with Crippen molar-refractivity contribution in [1.29, 1.82) is 0 Å². The molecule has 0 unspecified atom stereocenters. The number of aromatic nitrogens is 2. The van der Waals surface area contributed by atoms with Crippen LogP contribution in [0.1, 0.15) is 29.9 Å². The number of anilines is 2. The Morgan fingerprint density at radius 3 is 2.41 bits per heavy atom. The van der Waals surface area contributed by atoms with Gasteiger partial charge in [0.05, 0.1) is 23.5 Å². The van der Waals surface area contributed by atoms with Gasteiger partial charge in [0.2, 0.25) is 0 Å². The molecule has 0 saturated carbocycles. The summed E-state index contributed by atoms with van der Waals surface area (Å²) in [5, 5.41) is 10.3. The largest absolute Gasteiger partial charge is 0.480 e. The molecule has 2 aromatic rings. The average molecular weight is 516 g/mol. The average Bonchev–Trinajstić information content (AvgIpc) is 3.04. The number of rotatable bonds is 8. The molecule has 0 bridgehead atoms. The first kappa shape index (κ1) is 27.1. The van der Waals surface area contributed by atoms with E-state index in [-0.39, 0.29) is 17.4 Å². The van der Waals surface area contributed by atoms with Crippen molar-refractivity contribution in [1.82, 2.24) is 15.1 Å². The van der Waals surface area contributed by atoms with Crippen molar-refractivity contribution in [2.45, 2.75) is 39.5 Å². The maximum Gasteiger partial charge on any atom is 0.425 e. The second-order valence-electron chi connectivity index (χ2n) is 6.96. The summed E-state index contributed by atoms with van der Waals surface area (Å²) in [6, 6.07) is 0.0649. The lowest BCUT2D eigenvalue weighted by Gasteiger charge is -2.23. The number of hydrogen-bond donors (Lipinski definition) is 3. The first-order valence-electron chi connectivity index (χ1n) is 9.67. The Morgan fingerprint density at radius 2 is 1.91 bits per heavy atom. The molecule has 15 heteroatoms. The quantitative estimate of drug-likeness (QED) is 0.420. The minimum absolute atomic E-state index is 0.00450. The molecule has 0 saturated heterocycles. The lowest BCUT2D eigenvalue weighted by atomic mass is 10.1. The van der Waals surface area contributed by atoms with Crippen LogP contribution in [0.15, 0.2) is 12.1 Å². The van der Waals surface area contributed by atoms with Gasteiger partial charge in [0.15, 0.2) is 11.3 Å². The van der Waals surface area contributed by atoms with Crippen molar-refractivity contribution in [3.05, 3.63) is 34.4 Å². The molecule has 0 aliphatic rings. The van der Waals surface area contributed by atoms with Crippen LogP contribution in [0, 0.1) is 12.7 Å². The number of alkyl halides is 5. The number of carbonyl (C=O) groups is 2. The standard InChI is InChI=1S/C19H20ClF6N5O3/c1-4-31(7-14(22)23)18(33)27-12-6-13(34-9(3)19(24,25)26)10(5-11(12)21)17(32)28-15-8(2)29-30-16(15)20/h5-6,9,14H,4,7H2,1-3H3,(H,27,33)(H,28,32)(H,29,30)/t9-/m0/s1. The Kier molecular flexibility index (Phi) is 8.64. The van der Waals surface area contributed by atoms with E-state index in [1.165, 1.54) is 13.8 Å². The van der Waals surface area contributed by atoms with Crippen LogP contribution < -0.4 is 15.4 Å². The van der Waals surface area contributed by atoms with Crippen LogP contribution in [0.3, 0.4) is 0 Å². The van der Waals surface area contributed by atoms with Gasteiger partial charge in [-0.1, -0.05) is 11.6 Å². The van der Waals surface area contributed by atoms with Gasteiger partial charge in [-0.25, -0.2) is 18.0 Å². The topological polar surface area (TPSA) is 99.3 Å². The zero-order valence-electron chi connectivity index (χ0n) is 18.0. The highest BCUT2D eigenvalue weighted by Gasteiger charge is 2.39. The van der Waals surface area contributed by atoms with E-state index >= 15 is 0 Å². The first-order chi connectivity index (χ1) is 15.7. The Labute approximate surface area is 194 Å². The van der Waals surface area contributed by atoms with Crippen molar-refractivity contribution in [3.63, 3.8) is 0 Å². The van der Waals surface area contributed by atoms with Gasteiger partial charge in [0.25, 0.3) is 12.3 Å². The first-order valence-corrected chi connectivity index (χ1v) is 10.0. The van der Waals surface area contributed by atoms with E-state index in [2.05, 4.69) is 15.5 Å². The second kappa shape index (κ2) is 10.8.